The molecular formula is C32H38N12O4. The van der Waals surface area contributed by atoms with E-state index in [0.29, 0.717) is 42.6 Å². The summed E-state index contributed by atoms with van der Waals surface area (Å²) in [5, 5.41) is 26.0. The van der Waals surface area contributed by atoms with Gasteiger partial charge in [0.25, 0.3) is 5.69 Å². The number of nitrogens with one attached hydrogen (secondary N) is 2. The summed E-state index contributed by atoms with van der Waals surface area (Å²) in [5.74, 6) is 1.61. The van der Waals surface area contributed by atoms with Crippen LogP contribution in [0.4, 0.5) is 23.3 Å². The molecule has 4 N–H and O–H groups in total. The third-order valence-electron chi connectivity index (χ3n) is 7.33. The summed E-state index contributed by atoms with van der Waals surface area (Å²) in [4.78, 5) is 27.9. The minimum absolute atomic E-state index is 0.0471. The largest absolute Gasteiger partial charge is 0.467 e. The lowest BCUT2D eigenvalue weighted by molar-refractivity contribution is -0.384. The molecule has 0 fully saturated rings. The molecule has 0 radical (unpaired) electrons. The van der Waals surface area contributed by atoms with Gasteiger partial charge in [-0.3, -0.25) is 10.1 Å². The highest BCUT2D eigenvalue weighted by molar-refractivity contribution is 5.54. The highest BCUT2D eigenvalue weighted by Gasteiger charge is 2.17. The standard InChI is InChI=1S/C16H18N6O3.C16H20N6O/c1-10(2)13-9-18-21-14(13)19-16(25-3)20-15(21)17-8-11-5-4-6-12(7-11)22(23)24;1-10(2)13-9-19-22-14(13)20-16(23-3)21-15(22)18-8-11-5-4-6-12(17)7-11/h4-7,9-10H,8H2,1-3H3,(H,17,19,20);4-7,9-10H,8,17H2,1-3H3,(H,18,20,21). The van der Waals surface area contributed by atoms with Crippen molar-refractivity contribution in [2.24, 2.45) is 0 Å². The van der Waals surface area contributed by atoms with Gasteiger partial charge >= 0.3 is 12.0 Å². The molecule has 0 aliphatic heterocycles. The SMILES string of the molecule is COc1nc(NCc2cccc(N)c2)n2ncc(C(C)C)c2n1.COc1nc(NCc2cccc([N+](=O)[O-])c2)n2ncc(C(C)C)c2n1. The van der Waals surface area contributed by atoms with Crippen molar-refractivity contribution >= 4 is 34.6 Å². The Morgan fingerprint density at radius 2 is 1.25 bits per heavy atom. The smallest absolute Gasteiger partial charge is 0.321 e. The summed E-state index contributed by atoms with van der Waals surface area (Å²) in [6.07, 6.45) is 3.58. The highest BCUT2D eigenvalue weighted by Crippen LogP contribution is 2.24. The second-order valence-electron chi connectivity index (χ2n) is 11.4. The summed E-state index contributed by atoms with van der Waals surface area (Å²) in [6, 6.07) is 14.7. The van der Waals surface area contributed by atoms with Crippen molar-refractivity contribution < 1.29 is 14.4 Å². The Kier molecular flexibility index (Phi) is 10.1. The van der Waals surface area contributed by atoms with Gasteiger partial charge in [0, 0.05) is 42.0 Å². The van der Waals surface area contributed by atoms with Gasteiger partial charge in [-0.1, -0.05) is 52.0 Å². The molecule has 0 amide bonds. The van der Waals surface area contributed by atoms with Gasteiger partial charge in [0.1, 0.15) is 0 Å². The average Bonchev–Trinajstić information content (AvgIpc) is 3.71. The van der Waals surface area contributed by atoms with Crippen LogP contribution in [0.2, 0.25) is 0 Å². The van der Waals surface area contributed by atoms with Crippen molar-refractivity contribution in [2.75, 3.05) is 30.6 Å². The van der Waals surface area contributed by atoms with Gasteiger partial charge in [-0.2, -0.15) is 39.2 Å². The zero-order valence-corrected chi connectivity index (χ0v) is 27.6. The van der Waals surface area contributed by atoms with E-state index >= 15 is 0 Å². The number of anilines is 3. The number of nitrogen functional groups attached to an aromatic ring is 1. The molecule has 0 unspecified atom stereocenters. The van der Waals surface area contributed by atoms with E-state index in [1.165, 1.54) is 19.2 Å². The molecule has 16 heteroatoms. The Morgan fingerprint density at radius 1 is 0.771 bits per heavy atom. The molecule has 0 saturated heterocycles. The first-order valence-electron chi connectivity index (χ1n) is 15.2. The molecule has 0 aliphatic rings. The molecule has 4 heterocycles. The number of nitro benzene ring substituents is 1. The van der Waals surface area contributed by atoms with E-state index in [1.54, 1.807) is 34.5 Å². The van der Waals surface area contributed by atoms with Crippen molar-refractivity contribution in [3.05, 3.63) is 93.3 Å². The Labute approximate surface area is 276 Å². The fraction of sp³-hybridized carbons (Fsp3) is 0.312. The van der Waals surface area contributed by atoms with E-state index in [1.807, 2.05) is 30.5 Å². The van der Waals surface area contributed by atoms with Crippen LogP contribution in [0.1, 0.15) is 61.8 Å². The number of benzene rings is 2. The van der Waals surface area contributed by atoms with Gasteiger partial charge in [0.2, 0.25) is 11.9 Å². The third-order valence-corrected chi connectivity index (χ3v) is 7.33. The molecule has 16 nitrogen and oxygen atoms in total. The number of rotatable bonds is 11. The molecular weight excluding hydrogens is 616 g/mol. The maximum absolute atomic E-state index is 10.9. The molecule has 6 rings (SSSR count). The van der Waals surface area contributed by atoms with Gasteiger partial charge < -0.3 is 25.8 Å². The van der Waals surface area contributed by atoms with Gasteiger partial charge in [-0.05, 0) is 35.1 Å². The molecule has 48 heavy (non-hydrogen) atoms. The molecule has 0 bridgehead atoms. The number of ether oxygens (including phenoxy) is 2. The molecule has 0 spiro atoms. The first-order valence-corrected chi connectivity index (χ1v) is 15.2. The van der Waals surface area contributed by atoms with Crippen molar-refractivity contribution in [1.82, 2.24) is 39.2 Å². The lowest BCUT2D eigenvalue weighted by Crippen LogP contribution is -2.10. The van der Waals surface area contributed by atoms with Gasteiger partial charge in [0.05, 0.1) is 31.5 Å². The number of hydrogen-bond donors (Lipinski definition) is 3. The summed E-state index contributed by atoms with van der Waals surface area (Å²) >= 11 is 0. The monoisotopic (exact) mass is 654 g/mol. The Hall–Kier alpha value is -6.06. The van der Waals surface area contributed by atoms with E-state index in [2.05, 4.69) is 68.5 Å². The lowest BCUT2D eigenvalue weighted by atomic mass is 10.1. The minimum atomic E-state index is -0.419. The number of hydrogen-bond acceptors (Lipinski definition) is 13. The zero-order chi connectivity index (χ0) is 34.4. The highest BCUT2D eigenvalue weighted by atomic mass is 16.6. The van der Waals surface area contributed by atoms with Crippen molar-refractivity contribution in [1.29, 1.82) is 0 Å². The van der Waals surface area contributed by atoms with Crippen LogP contribution in [0.15, 0.2) is 60.9 Å². The van der Waals surface area contributed by atoms with Crippen LogP contribution in [0, 0.1) is 10.1 Å². The molecule has 0 aliphatic carbocycles. The first kappa shape index (κ1) is 33.3. The Bertz CT molecular complexity index is 2040. The summed E-state index contributed by atoms with van der Waals surface area (Å²) in [6.45, 7) is 9.26. The number of methoxy groups -OCH3 is 2. The van der Waals surface area contributed by atoms with Crippen LogP contribution in [0.5, 0.6) is 12.0 Å². The van der Waals surface area contributed by atoms with Crippen LogP contribution < -0.4 is 25.8 Å². The van der Waals surface area contributed by atoms with E-state index in [9.17, 15) is 10.1 Å². The zero-order valence-electron chi connectivity index (χ0n) is 27.6. The molecule has 0 saturated carbocycles. The van der Waals surface area contributed by atoms with Crippen LogP contribution in [0.3, 0.4) is 0 Å². The van der Waals surface area contributed by atoms with Crippen molar-refractivity contribution in [3.8, 4) is 12.0 Å². The number of fused-ring (bicyclic) bond motifs is 2. The van der Waals surface area contributed by atoms with Crippen molar-refractivity contribution in [2.45, 2.75) is 52.6 Å². The fourth-order valence-electron chi connectivity index (χ4n) is 4.82. The van der Waals surface area contributed by atoms with Crippen LogP contribution >= 0.6 is 0 Å². The summed E-state index contributed by atoms with van der Waals surface area (Å²) in [5.41, 5.74) is 11.9. The first-order chi connectivity index (χ1) is 23.1. The number of non-ortho nitro benzene ring substituents is 1. The maximum Gasteiger partial charge on any atom is 0.321 e. The molecule has 4 aromatic heterocycles. The number of aromatic nitrogens is 8. The molecule has 250 valence electrons. The molecule has 0 atom stereocenters. The number of nitrogens with zero attached hydrogens (tertiary/aromatic N) is 9. The second-order valence-corrected chi connectivity index (χ2v) is 11.4. The maximum atomic E-state index is 10.9. The Balaban J connectivity index is 0.000000188. The van der Waals surface area contributed by atoms with Gasteiger partial charge in [-0.15, -0.1) is 0 Å². The lowest BCUT2D eigenvalue weighted by Gasteiger charge is -2.10. The third kappa shape index (κ3) is 7.49. The molecule has 6 aromatic rings. The quantitative estimate of drug-likeness (QED) is 0.0933. The topological polar surface area (TPSA) is 198 Å². The predicted molar refractivity (Wildman–Crippen MR) is 181 cm³/mol. The normalized spacial score (nSPS) is 11.1. The van der Waals surface area contributed by atoms with Crippen molar-refractivity contribution in [3.63, 3.8) is 0 Å². The number of nitrogens with two attached hydrogens (primary N) is 1. The van der Waals surface area contributed by atoms with Gasteiger partial charge in [-0.25, -0.2) is 0 Å². The summed E-state index contributed by atoms with van der Waals surface area (Å²) < 4.78 is 13.7. The Morgan fingerprint density at radius 3 is 1.69 bits per heavy atom. The summed E-state index contributed by atoms with van der Waals surface area (Å²) in [7, 11) is 3.06. The van der Waals surface area contributed by atoms with E-state index in [4.69, 9.17) is 15.2 Å². The van der Waals surface area contributed by atoms with E-state index in [-0.39, 0.29) is 17.6 Å². The van der Waals surface area contributed by atoms with Crippen LogP contribution in [0.25, 0.3) is 11.3 Å². The average molecular weight is 655 g/mol. The number of nitro groups is 1. The van der Waals surface area contributed by atoms with E-state index < -0.39 is 4.92 Å². The van der Waals surface area contributed by atoms with E-state index in [0.717, 1.165) is 33.6 Å². The second kappa shape index (κ2) is 14.6. The fourth-order valence-corrected chi connectivity index (χ4v) is 4.82. The minimum Gasteiger partial charge on any atom is -0.467 e. The van der Waals surface area contributed by atoms with Gasteiger partial charge in [0.15, 0.2) is 11.3 Å². The van der Waals surface area contributed by atoms with Crippen LogP contribution in [-0.4, -0.2) is 58.3 Å². The van der Waals surface area contributed by atoms with Crippen LogP contribution in [-0.2, 0) is 13.1 Å². The predicted octanol–water partition coefficient (Wildman–Crippen LogP) is 5.23. The molecule has 2 aromatic carbocycles.